The number of carbonyl (C=O) groups is 1. The van der Waals surface area contributed by atoms with Gasteiger partial charge in [0.2, 0.25) is 0 Å². The van der Waals surface area contributed by atoms with Crippen molar-refractivity contribution in [3.8, 4) is 5.69 Å². The minimum absolute atomic E-state index is 0.156. The number of rotatable bonds is 3. The Hall–Kier alpha value is -3.28. The Morgan fingerprint density at radius 2 is 1.75 bits per heavy atom. The normalized spacial score (nSPS) is 10.8. The molecule has 0 radical (unpaired) electrons. The summed E-state index contributed by atoms with van der Waals surface area (Å²) in [5.74, 6) is -0.198. The van der Waals surface area contributed by atoms with E-state index in [0.29, 0.717) is 22.3 Å². The van der Waals surface area contributed by atoms with Crippen LogP contribution in [0.3, 0.4) is 0 Å². The number of non-ortho nitro benzene ring substituents is 1. The second kappa shape index (κ2) is 5.73. The number of Topliss-reactive ketones (excluding diaryl/α,β-unsaturated/α-hetero) is 1. The fraction of sp³-hybridized carbons (Fsp3) is 0.111. The number of nitro groups is 1. The average Bonchev–Trinajstić information content (AvgIpc) is 2.55. The lowest BCUT2D eigenvalue weighted by molar-refractivity contribution is -0.384. The van der Waals surface area contributed by atoms with Crippen LogP contribution >= 0.6 is 0 Å². The van der Waals surface area contributed by atoms with Crippen LogP contribution < -0.4 is 5.56 Å². The number of pyridine rings is 1. The maximum Gasteiger partial charge on any atom is 0.270 e. The van der Waals surface area contributed by atoms with Gasteiger partial charge in [0.15, 0.2) is 5.78 Å². The molecule has 0 aliphatic carbocycles. The largest absolute Gasteiger partial charge is 0.294 e. The van der Waals surface area contributed by atoms with E-state index >= 15 is 0 Å². The summed E-state index contributed by atoms with van der Waals surface area (Å²) in [7, 11) is 0. The van der Waals surface area contributed by atoms with Crippen molar-refractivity contribution in [2.75, 3.05) is 0 Å². The minimum Gasteiger partial charge on any atom is -0.294 e. The number of carbonyl (C=O) groups excluding carboxylic acids is 1. The molecule has 0 spiro atoms. The van der Waals surface area contributed by atoms with E-state index in [1.807, 2.05) is 6.07 Å². The Morgan fingerprint density at radius 3 is 2.33 bits per heavy atom. The highest BCUT2D eigenvalue weighted by Gasteiger charge is 2.19. The first-order valence-electron chi connectivity index (χ1n) is 7.32. The van der Waals surface area contributed by atoms with Crippen LogP contribution in [0.2, 0.25) is 0 Å². The highest BCUT2D eigenvalue weighted by Crippen LogP contribution is 2.25. The number of para-hydroxylation sites is 1. The summed E-state index contributed by atoms with van der Waals surface area (Å²) >= 11 is 0. The molecule has 3 rings (SSSR count). The van der Waals surface area contributed by atoms with E-state index in [4.69, 9.17) is 0 Å². The number of nitro benzene ring substituents is 1. The molecular weight excluding hydrogens is 308 g/mol. The van der Waals surface area contributed by atoms with Crippen LogP contribution in [0.25, 0.3) is 16.5 Å². The summed E-state index contributed by atoms with van der Waals surface area (Å²) in [6.07, 6.45) is 0. The maximum absolute atomic E-state index is 12.9. The highest BCUT2D eigenvalue weighted by atomic mass is 16.6. The molecule has 0 fully saturated rings. The molecule has 0 atom stereocenters. The Labute approximate surface area is 137 Å². The zero-order chi connectivity index (χ0) is 17.4. The zero-order valence-electron chi connectivity index (χ0n) is 13.1. The lowest BCUT2D eigenvalue weighted by Gasteiger charge is -2.15. The van der Waals surface area contributed by atoms with Gasteiger partial charge in [-0.25, -0.2) is 0 Å². The van der Waals surface area contributed by atoms with E-state index in [1.165, 1.54) is 29.7 Å². The molecule has 1 heterocycles. The van der Waals surface area contributed by atoms with Gasteiger partial charge in [0.25, 0.3) is 11.2 Å². The number of aromatic nitrogens is 1. The summed E-state index contributed by atoms with van der Waals surface area (Å²) < 4.78 is 1.42. The van der Waals surface area contributed by atoms with E-state index in [2.05, 4.69) is 0 Å². The second-order valence-corrected chi connectivity index (χ2v) is 5.48. The van der Waals surface area contributed by atoms with E-state index in [9.17, 15) is 19.7 Å². The van der Waals surface area contributed by atoms with Crippen LogP contribution in [-0.4, -0.2) is 15.3 Å². The fourth-order valence-corrected chi connectivity index (χ4v) is 2.95. The molecule has 0 N–H and O–H groups in total. The predicted octanol–water partition coefficient (Wildman–Crippen LogP) is 3.41. The molecule has 0 amide bonds. The molecule has 0 bridgehead atoms. The van der Waals surface area contributed by atoms with Crippen LogP contribution in [0.15, 0.2) is 53.3 Å². The van der Waals surface area contributed by atoms with Gasteiger partial charge in [-0.1, -0.05) is 18.2 Å². The lowest BCUT2D eigenvalue weighted by Crippen LogP contribution is -2.23. The molecule has 0 saturated heterocycles. The number of nitrogens with zero attached hydrogens (tertiary/aromatic N) is 2. The van der Waals surface area contributed by atoms with Gasteiger partial charge in [-0.2, -0.15) is 0 Å². The fourth-order valence-electron chi connectivity index (χ4n) is 2.95. The van der Waals surface area contributed by atoms with Crippen molar-refractivity contribution in [2.45, 2.75) is 13.8 Å². The maximum atomic E-state index is 12.9. The molecule has 0 unspecified atom stereocenters. The number of benzene rings is 2. The molecule has 6 nitrogen and oxygen atoms in total. The number of ketones is 1. The molecule has 24 heavy (non-hydrogen) atoms. The summed E-state index contributed by atoms with van der Waals surface area (Å²) in [6, 6.07) is 12.9. The van der Waals surface area contributed by atoms with Crippen LogP contribution in [-0.2, 0) is 0 Å². The molecule has 3 aromatic rings. The first kappa shape index (κ1) is 15.6. The zero-order valence-corrected chi connectivity index (χ0v) is 13.1. The third-order valence-corrected chi connectivity index (χ3v) is 3.98. The standard InChI is InChI=1S/C18H14N2O4/c1-11-17(12(2)21)15-9-8-14(20(23)24)10-16(15)18(22)19(11)13-6-4-3-5-7-13/h3-10H,1-2H3. The smallest absolute Gasteiger partial charge is 0.270 e. The van der Waals surface area contributed by atoms with Gasteiger partial charge in [0, 0.05) is 34.5 Å². The van der Waals surface area contributed by atoms with Gasteiger partial charge in [0.05, 0.1) is 10.3 Å². The highest BCUT2D eigenvalue weighted by molar-refractivity contribution is 6.08. The summed E-state index contributed by atoms with van der Waals surface area (Å²) in [5.41, 5.74) is 0.944. The van der Waals surface area contributed by atoms with Crippen LogP contribution in [0.4, 0.5) is 5.69 Å². The van der Waals surface area contributed by atoms with Crippen molar-refractivity contribution in [2.24, 2.45) is 0 Å². The van der Waals surface area contributed by atoms with Crippen molar-refractivity contribution in [1.82, 2.24) is 4.57 Å². The molecular formula is C18H14N2O4. The van der Waals surface area contributed by atoms with Gasteiger partial charge >= 0.3 is 0 Å². The van der Waals surface area contributed by atoms with E-state index in [1.54, 1.807) is 31.2 Å². The van der Waals surface area contributed by atoms with Gasteiger partial charge in [-0.05, 0) is 32.0 Å². The molecule has 0 aliphatic rings. The monoisotopic (exact) mass is 322 g/mol. The summed E-state index contributed by atoms with van der Waals surface area (Å²) in [6.45, 7) is 3.12. The van der Waals surface area contributed by atoms with Crippen LogP contribution in [0, 0.1) is 17.0 Å². The Kier molecular flexibility index (Phi) is 3.73. The first-order chi connectivity index (χ1) is 11.4. The predicted molar refractivity (Wildman–Crippen MR) is 90.9 cm³/mol. The summed E-state index contributed by atoms with van der Waals surface area (Å²) in [5, 5.41) is 11.6. The quantitative estimate of drug-likeness (QED) is 0.420. The first-order valence-corrected chi connectivity index (χ1v) is 7.32. The molecule has 0 aliphatic heterocycles. The average molecular weight is 322 g/mol. The third kappa shape index (κ3) is 2.38. The lowest BCUT2D eigenvalue weighted by atomic mass is 10.0. The minimum atomic E-state index is -0.557. The van der Waals surface area contributed by atoms with Crippen molar-refractivity contribution < 1.29 is 9.72 Å². The van der Waals surface area contributed by atoms with Gasteiger partial charge < -0.3 is 0 Å². The van der Waals surface area contributed by atoms with Crippen molar-refractivity contribution in [3.63, 3.8) is 0 Å². The Balaban J connectivity index is 2.51. The van der Waals surface area contributed by atoms with Crippen molar-refractivity contribution >= 4 is 22.2 Å². The molecule has 2 aromatic carbocycles. The SMILES string of the molecule is CC(=O)c1c(C)n(-c2ccccc2)c(=O)c2cc([N+](=O)[O-])ccc12. The number of hydrogen-bond acceptors (Lipinski definition) is 4. The second-order valence-electron chi connectivity index (χ2n) is 5.48. The Morgan fingerprint density at radius 1 is 1.08 bits per heavy atom. The number of fused-ring (bicyclic) bond motifs is 1. The topological polar surface area (TPSA) is 82.2 Å². The summed E-state index contributed by atoms with van der Waals surface area (Å²) in [4.78, 5) is 35.5. The van der Waals surface area contributed by atoms with Crippen molar-refractivity contribution in [1.29, 1.82) is 0 Å². The van der Waals surface area contributed by atoms with Gasteiger partial charge in [-0.15, -0.1) is 0 Å². The Bertz CT molecular complexity index is 1040. The van der Waals surface area contributed by atoms with E-state index in [-0.39, 0.29) is 22.4 Å². The number of hydrogen-bond donors (Lipinski definition) is 0. The molecule has 0 saturated carbocycles. The van der Waals surface area contributed by atoms with Crippen LogP contribution in [0.5, 0.6) is 0 Å². The van der Waals surface area contributed by atoms with Gasteiger partial charge in [0.1, 0.15) is 0 Å². The third-order valence-electron chi connectivity index (χ3n) is 3.98. The van der Waals surface area contributed by atoms with E-state index in [0.717, 1.165) is 0 Å². The molecule has 1 aromatic heterocycles. The van der Waals surface area contributed by atoms with Gasteiger partial charge in [-0.3, -0.25) is 24.3 Å². The molecule has 6 heteroatoms. The van der Waals surface area contributed by atoms with Crippen molar-refractivity contribution in [3.05, 3.63) is 80.3 Å². The van der Waals surface area contributed by atoms with E-state index < -0.39 is 4.92 Å². The van der Waals surface area contributed by atoms with Crippen LogP contribution in [0.1, 0.15) is 23.0 Å². The molecule has 120 valence electrons.